The summed E-state index contributed by atoms with van der Waals surface area (Å²) in [6, 6.07) is 3.34. The van der Waals surface area contributed by atoms with Gasteiger partial charge in [0.15, 0.2) is 0 Å². The van der Waals surface area contributed by atoms with Crippen molar-refractivity contribution in [3.05, 3.63) is 27.7 Å². The molecule has 0 bridgehead atoms. The van der Waals surface area contributed by atoms with Crippen LogP contribution in [0.4, 0.5) is 5.69 Å². The zero-order chi connectivity index (χ0) is 11.0. The highest BCUT2D eigenvalue weighted by atomic mass is 35.5. The van der Waals surface area contributed by atoms with E-state index >= 15 is 0 Å². The maximum atomic E-state index is 11.7. The van der Waals surface area contributed by atoms with Crippen LogP contribution < -0.4 is 11.1 Å². The summed E-state index contributed by atoms with van der Waals surface area (Å²) in [5.41, 5.74) is 6.27. The number of nitrogens with one attached hydrogen (secondary N) is 1. The molecule has 0 aliphatic heterocycles. The molecule has 3 nitrogen and oxygen atoms in total. The molecule has 1 amide bonds. The van der Waals surface area contributed by atoms with Crippen LogP contribution in [0, 0.1) is 0 Å². The van der Waals surface area contributed by atoms with Crippen LogP contribution in [0.1, 0.15) is 23.2 Å². The van der Waals surface area contributed by atoms with Crippen LogP contribution in [-0.2, 0) is 0 Å². The summed E-state index contributed by atoms with van der Waals surface area (Å²) in [6.07, 6.45) is 2.05. The first-order valence-corrected chi connectivity index (χ1v) is 5.39. The fourth-order valence-corrected chi connectivity index (χ4v) is 1.69. The summed E-state index contributed by atoms with van der Waals surface area (Å²) >= 11 is 11.7. The van der Waals surface area contributed by atoms with Gasteiger partial charge in [-0.25, -0.2) is 0 Å². The Morgan fingerprint density at radius 1 is 1.40 bits per heavy atom. The molecule has 80 valence electrons. The highest BCUT2D eigenvalue weighted by Gasteiger charge is 2.25. The Labute approximate surface area is 97.5 Å². The SMILES string of the molecule is Nc1cc(Cl)cc(C(=O)NC2CC2)c1Cl. The van der Waals surface area contributed by atoms with Gasteiger partial charge in [-0.3, -0.25) is 4.79 Å². The molecule has 0 atom stereocenters. The largest absolute Gasteiger partial charge is 0.397 e. The number of carbonyl (C=O) groups is 1. The van der Waals surface area contributed by atoms with E-state index in [4.69, 9.17) is 28.9 Å². The molecule has 0 unspecified atom stereocenters. The molecule has 2 rings (SSSR count). The number of anilines is 1. The van der Waals surface area contributed by atoms with Gasteiger partial charge < -0.3 is 11.1 Å². The molecular weight excluding hydrogens is 235 g/mol. The van der Waals surface area contributed by atoms with Gasteiger partial charge in [0.25, 0.3) is 5.91 Å². The maximum Gasteiger partial charge on any atom is 0.253 e. The molecule has 0 spiro atoms. The summed E-state index contributed by atoms with van der Waals surface area (Å²) in [5, 5.41) is 3.50. The number of hydrogen-bond donors (Lipinski definition) is 2. The molecule has 0 aromatic heterocycles. The highest BCUT2D eigenvalue weighted by Crippen LogP contribution is 2.28. The van der Waals surface area contributed by atoms with Crippen LogP contribution in [-0.4, -0.2) is 11.9 Å². The molecule has 15 heavy (non-hydrogen) atoms. The molecular formula is C10H10Cl2N2O. The zero-order valence-electron chi connectivity index (χ0n) is 7.89. The Kier molecular flexibility index (Phi) is 2.76. The first-order valence-electron chi connectivity index (χ1n) is 4.63. The number of halogens is 2. The molecule has 0 saturated heterocycles. The second-order valence-electron chi connectivity index (χ2n) is 3.60. The van der Waals surface area contributed by atoms with Gasteiger partial charge in [0.1, 0.15) is 0 Å². The van der Waals surface area contributed by atoms with E-state index in [0.29, 0.717) is 16.3 Å². The standard InChI is InChI=1S/C10H10Cl2N2O/c11-5-3-7(9(12)8(13)4-5)10(15)14-6-1-2-6/h3-4,6H,1-2,13H2,(H,14,15). The lowest BCUT2D eigenvalue weighted by atomic mass is 10.2. The summed E-state index contributed by atoms with van der Waals surface area (Å²) in [6.45, 7) is 0. The Morgan fingerprint density at radius 2 is 2.07 bits per heavy atom. The molecule has 1 aromatic carbocycles. The zero-order valence-corrected chi connectivity index (χ0v) is 9.40. The van der Waals surface area contributed by atoms with Crippen molar-refractivity contribution in [2.24, 2.45) is 0 Å². The predicted octanol–water partition coefficient (Wildman–Crippen LogP) is 2.47. The van der Waals surface area contributed by atoms with Gasteiger partial charge in [-0.2, -0.15) is 0 Å². The summed E-state index contributed by atoms with van der Waals surface area (Å²) < 4.78 is 0. The van der Waals surface area contributed by atoms with Crippen LogP contribution in [0.15, 0.2) is 12.1 Å². The van der Waals surface area contributed by atoms with Crippen molar-refractivity contribution in [2.75, 3.05) is 5.73 Å². The highest BCUT2D eigenvalue weighted by molar-refractivity contribution is 6.38. The Hall–Kier alpha value is -0.930. The number of rotatable bonds is 2. The van der Waals surface area contributed by atoms with E-state index in [0.717, 1.165) is 12.8 Å². The van der Waals surface area contributed by atoms with Crippen molar-refractivity contribution in [3.8, 4) is 0 Å². The van der Waals surface area contributed by atoms with Crippen molar-refractivity contribution in [3.63, 3.8) is 0 Å². The molecule has 0 radical (unpaired) electrons. The first-order chi connectivity index (χ1) is 7.08. The number of nitrogens with two attached hydrogens (primary N) is 1. The van der Waals surface area contributed by atoms with Crippen LogP contribution in [0.25, 0.3) is 0 Å². The summed E-state index contributed by atoms with van der Waals surface area (Å²) in [4.78, 5) is 11.7. The number of amides is 1. The van der Waals surface area contributed by atoms with Crippen LogP contribution in [0.2, 0.25) is 10.0 Å². The molecule has 1 aliphatic carbocycles. The van der Waals surface area contributed by atoms with E-state index in [1.165, 1.54) is 12.1 Å². The van der Waals surface area contributed by atoms with Gasteiger partial charge >= 0.3 is 0 Å². The summed E-state index contributed by atoms with van der Waals surface area (Å²) in [7, 11) is 0. The van der Waals surface area contributed by atoms with Crippen LogP contribution >= 0.6 is 23.2 Å². The Morgan fingerprint density at radius 3 is 2.67 bits per heavy atom. The minimum Gasteiger partial charge on any atom is -0.397 e. The molecule has 1 fully saturated rings. The Bertz CT molecular complexity index is 416. The molecule has 3 N–H and O–H groups in total. The molecule has 5 heteroatoms. The van der Waals surface area contributed by atoms with Gasteiger partial charge in [0, 0.05) is 11.1 Å². The van der Waals surface area contributed by atoms with E-state index in [9.17, 15) is 4.79 Å². The molecule has 1 aliphatic rings. The average Bonchev–Trinajstić information content (AvgIpc) is 2.94. The predicted molar refractivity (Wildman–Crippen MR) is 61.4 cm³/mol. The minimum atomic E-state index is -0.211. The van der Waals surface area contributed by atoms with E-state index in [2.05, 4.69) is 5.32 Å². The number of hydrogen-bond acceptors (Lipinski definition) is 2. The third-order valence-electron chi connectivity index (χ3n) is 2.22. The number of carbonyl (C=O) groups excluding carboxylic acids is 1. The fraction of sp³-hybridized carbons (Fsp3) is 0.300. The lowest BCUT2D eigenvalue weighted by molar-refractivity contribution is 0.0951. The third kappa shape index (κ3) is 2.36. The van der Waals surface area contributed by atoms with Crippen LogP contribution in [0.5, 0.6) is 0 Å². The van der Waals surface area contributed by atoms with Gasteiger partial charge in [-0.1, -0.05) is 23.2 Å². The quantitative estimate of drug-likeness (QED) is 0.786. The first kappa shape index (κ1) is 10.6. The number of benzene rings is 1. The molecule has 1 saturated carbocycles. The maximum absolute atomic E-state index is 11.7. The van der Waals surface area contributed by atoms with Crippen molar-refractivity contribution < 1.29 is 4.79 Å². The lowest BCUT2D eigenvalue weighted by Gasteiger charge is -2.07. The van der Waals surface area contributed by atoms with Gasteiger partial charge in [-0.05, 0) is 25.0 Å². The van der Waals surface area contributed by atoms with Crippen LogP contribution in [0.3, 0.4) is 0 Å². The van der Waals surface area contributed by atoms with E-state index in [1.807, 2.05) is 0 Å². The fourth-order valence-electron chi connectivity index (χ4n) is 1.27. The normalized spacial score (nSPS) is 15.1. The van der Waals surface area contributed by atoms with Gasteiger partial charge in [-0.15, -0.1) is 0 Å². The smallest absolute Gasteiger partial charge is 0.253 e. The lowest BCUT2D eigenvalue weighted by Crippen LogP contribution is -2.25. The van der Waals surface area contributed by atoms with E-state index < -0.39 is 0 Å². The minimum absolute atomic E-state index is 0.211. The Balaban J connectivity index is 2.28. The van der Waals surface area contributed by atoms with Gasteiger partial charge in [0.2, 0.25) is 0 Å². The monoisotopic (exact) mass is 244 g/mol. The van der Waals surface area contributed by atoms with E-state index in [-0.39, 0.29) is 17.0 Å². The van der Waals surface area contributed by atoms with Gasteiger partial charge in [0.05, 0.1) is 16.3 Å². The second-order valence-corrected chi connectivity index (χ2v) is 4.42. The van der Waals surface area contributed by atoms with Crippen molar-refractivity contribution in [2.45, 2.75) is 18.9 Å². The number of nitrogen functional groups attached to an aromatic ring is 1. The van der Waals surface area contributed by atoms with Crippen molar-refractivity contribution >= 4 is 34.8 Å². The third-order valence-corrected chi connectivity index (χ3v) is 2.86. The van der Waals surface area contributed by atoms with Crippen molar-refractivity contribution in [1.82, 2.24) is 5.32 Å². The second kappa shape index (κ2) is 3.91. The van der Waals surface area contributed by atoms with Crippen molar-refractivity contribution in [1.29, 1.82) is 0 Å². The topological polar surface area (TPSA) is 55.1 Å². The molecule has 0 heterocycles. The molecule has 1 aromatic rings. The van der Waals surface area contributed by atoms with E-state index in [1.54, 1.807) is 0 Å². The summed E-state index contributed by atoms with van der Waals surface area (Å²) in [5.74, 6) is -0.211. The average molecular weight is 245 g/mol.